The molecule has 0 aromatic heterocycles. The van der Waals surface area contributed by atoms with Gasteiger partial charge in [0, 0.05) is 12.3 Å². The number of hydrogen-bond donors (Lipinski definition) is 1. The predicted octanol–water partition coefficient (Wildman–Crippen LogP) is 2.15. The van der Waals surface area contributed by atoms with Crippen molar-refractivity contribution in [3.05, 3.63) is 30.3 Å². The van der Waals surface area contributed by atoms with Crippen LogP contribution < -0.4 is 10.1 Å². The minimum Gasteiger partial charge on any atom is -0.494 e. The second-order valence-electron chi connectivity index (χ2n) is 3.48. The van der Waals surface area contributed by atoms with Crippen molar-refractivity contribution in [3.63, 3.8) is 0 Å². The smallest absolute Gasteiger partial charge is 0.156 e. The Morgan fingerprint density at radius 2 is 2.19 bits per heavy atom. The summed E-state index contributed by atoms with van der Waals surface area (Å²) in [6, 6.07) is 9.91. The lowest BCUT2D eigenvalue weighted by molar-refractivity contribution is 0.311. The standard InChI is InChI=1S/C12H16N2OS/c1-2-5-11(6-3-1)15-9-4-7-13-12-14-8-10-16-12/h1-3,5-6H,4,7-10H2,(H,13,14). The van der Waals surface area contributed by atoms with Crippen LogP contribution in [0.25, 0.3) is 0 Å². The molecule has 1 aromatic carbocycles. The van der Waals surface area contributed by atoms with E-state index in [-0.39, 0.29) is 0 Å². The first-order valence-electron chi connectivity index (χ1n) is 5.54. The number of amidine groups is 1. The molecule has 0 fully saturated rings. The van der Waals surface area contributed by atoms with Crippen molar-refractivity contribution < 1.29 is 4.74 Å². The average Bonchev–Trinajstić information content (AvgIpc) is 2.83. The normalized spacial score (nSPS) is 14.6. The first kappa shape index (κ1) is 11.3. The summed E-state index contributed by atoms with van der Waals surface area (Å²) in [4.78, 5) is 4.32. The number of para-hydroxylation sites is 1. The van der Waals surface area contributed by atoms with Crippen molar-refractivity contribution >= 4 is 16.9 Å². The lowest BCUT2D eigenvalue weighted by Crippen LogP contribution is -2.21. The van der Waals surface area contributed by atoms with Crippen molar-refractivity contribution in [1.82, 2.24) is 5.32 Å². The average molecular weight is 236 g/mol. The highest BCUT2D eigenvalue weighted by Crippen LogP contribution is 2.09. The Kier molecular flexibility index (Phi) is 4.55. The minimum absolute atomic E-state index is 0.745. The molecule has 0 saturated carbocycles. The van der Waals surface area contributed by atoms with E-state index in [4.69, 9.17) is 4.74 Å². The van der Waals surface area contributed by atoms with Crippen LogP contribution in [0.4, 0.5) is 0 Å². The van der Waals surface area contributed by atoms with Gasteiger partial charge in [0.05, 0.1) is 13.2 Å². The van der Waals surface area contributed by atoms with Crippen molar-refractivity contribution in [1.29, 1.82) is 0 Å². The van der Waals surface area contributed by atoms with E-state index in [1.807, 2.05) is 30.3 Å². The first-order chi connectivity index (χ1) is 7.95. The van der Waals surface area contributed by atoms with E-state index in [1.54, 1.807) is 11.8 Å². The molecule has 1 aliphatic heterocycles. The molecule has 0 aliphatic carbocycles. The molecule has 0 spiro atoms. The fourth-order valence-electron chi connectivity index (χ4n) is 1.42. The molecule has 0 saturated heterocycles. The third kappa shape index (κ3) is 3.77. The molecule has 16 heavy (non-hydrogen) atoms. The molecule has 0 atom stereocenters. The van der Waals surface area contributed by atoms with Crippen LogP contribution >= 0.6 is 11.8 Å². The van der Waals surface area contributed by atoms with Crippen LogP contribution in [-0.2, 0) is 0 Å². The molecular formula is C12H16N2OS. The monoisotopic (exact) mass is 236 g/mol. The molecule has 1 aromatic rings. The van der Waals surface area contributed by atoms with Gasteiger partial charge in [-0.15, -0.1) is 0 Å². The Labute approximate surface area is 100 Å². The van der Waals surface area contributed by atoms with Gasteiger partial charge in [0.2, 0.25) is 0 Å². The summed E-state index contributed by atoms with van der Waals surface area (Å²) in [6.45, 7) is 2.63. The van der Waals surface area contributed by atoms with E-state index in [0.29, 0.717) is 0 Å². The fourth-order valence-corrected chi connectivity index (χ4v) is 2.18. The molecule has 0 amide bonds. The summed E-state index contributed by atoms with van der Waals surface area (Å²) in [5.41, 5.74) is 0. The number of hydrogen-bond acceptors (Lipinski definition) is 4. The Balaban J connectivity index is 1.55. The largest absolute Gasteiger partial charge is 0.494 e. The van der Waals surface area contributed by atoms with Crippen LogP contribution in [0.2, 0.25) is 0 Å². The third-order valence-corrected chi connectivity index (χ3v) is 3.13. The zero-order valence-electron chi connectivity index (χ0n) is 9.19. The van der Waals surface area contributed by atoms with Gasteiger partial charge in [-0.25, -0.2) is 0 Å². The van der Waals surface area contributed by atoms with E-state index >= 15 is 0 Å². The van der Waals surface area contributed by atoms with Crippen LogP contribution in [0.5, 0.6) is 5.75 Å². The summed E-state index contributed by atoms with van der Waals surface area (Å²) in [5.74, 6) is 2.05. The number of nitrogens with zero attached hydrogens (tertiary/aromatic N) is 1. The van der Waals surface area contributed by atoms with Gasteiger partial charge in [0.15, 0.2) is 5.17 Å². The van der Waals surface area contributed by atoms with Crippen molar-refractivity contribution in [2.45, 2.75) is 6.42 Å². The number of aliphatic imine (C=N–C) groups is 1. The number of thioether (sulfide) groups is 1. The first-order valence-corrected chi connectivity index (χ1v) is 6.53. The Hall–Kier alpha value is -1.16. The van der Waals surface area contributed by atoms with Gasteiger partial charge in [-0.1, -0.05) is 30.0 Å². The molecule has 2 rings (SSSR count). The van der Waals surface area contributed by atoms with E-state index in [2.05, 4.69) is 10.3 Å². The molecule has 4 heteroatoms. The van der Waals surface area contributed by atoms with E-state index in [0.717, 1.165) is 42.8 Å². The van der Waals surface area contributed by atoms with E-state index in [9.17, 15) is 0 Å². The molecule has 86 valence electrons. The lowest BCUT2D eigenvalue weighted by Gasteiger charge is -2.07. The van der Waals surface area contributed by atoms with Gasteiger partial charge < -0.3 is 10.1 Å². The number of ether oxygens (including phenoxy) is 1. The Bertz CT molecular complexity index is 340. The molecule has 0 radical (unpaired) electrons. The van der Waals surface area contributed by atoms with Crippen LogP contribution in [0.15, 0.2) is 35.3 Å². The van der Waals surface area contributed by atoms with Crippen LogP contribution in [0.3, 0.4) is 0 Å². The van der Waals surface area contributed by atoms with Crippen molar-refractivity contribution in [3.8, 4) is 5.75 Å². The molecule has 0 bridgehead atoms. The summed E-state index contributed by atoms with van der Waals surface area (Å²) >= 11 is 1.79. The van der Waals surface area contributed by atoms with Crippen LogP contribution in [-0.4, -0.2) is 30.6 Å². The van der Waals surface area contributed by atoms with Gasteiger partial charge in [-0.3, -0.25) is 4.99 Å². The van der Waals surface area contributed by atoms with Gasteiger partial charge >= 0.3 is 0 Å². The summed E-state index contributed by atoms with van der Waals surface area (Å²) in [7, 11) is 0. The summed E-state index contributed by atoms with van der Waals surface area (Å²) in [6.07, 6.45) is 0.995. The molecular weight excluding hydrogens is 220 g/mol. The van der Waals surface area contributed by atoms with E-state index < -0.39 is 0 Å². The maximum atomic E-state index is 5.58. The molecule has 1 N–H and O–H groups in total. The molecule has 1 heterocycles. The number of rotatable bonds is 5. The van der Waals surface area contributed by atoms with Gasteiger partial charge in [-0.05, 0) is 18.6 Å². The van der Waals surface area contributed by atoms with Crippen LogP contribution in [0.1, 0.15) is 6.42 Å². The minimum atomic E-state index is 0.745. The SMILES string of the molecule is c1ccc(OCCCNC2=NCCS2)cc1. The topological polar surface area (TPSA) is 33.6 Å². The Morgan fingerprint density at radius 3 is 2.94 bits per heavy atom. The maximum absolute atomic E-state index is 5.58. The second-order valence-corrected chi connectivity index (χ2v) is 4.56. The summed E-state index contributed by atoms with van der Waals surface area (Å²) < 4.78 is 5.58. The second kappa shape index (κ2) is 6.43. The van der Waals surface area contributed by atoms with Crippen LogP contribution in [0, 0.1) is 0 Å². The third-order valence-electron chi connectivity index (χ3n) is 2.19. The highest BCUT2D eigenvalue weighted by Gasteiger charge is 2.04. The lowest BCUT2D eigenvalue weighted by atomic mass is 10.3. The predicted molar refractivity (Wildman–Crippen MR) is 69.3 cm³/mol. The summed E-state index contributed by atoms with van der Waals surface area (Å²) in [5, 5.41) is 4.38. The fraction of sp³-hybridized carbons (Fsp3) is 0.417. The van der Waals surface area contributed by atoms with Gasteiger partial charge in [-0.2, -0.15) is 0 Å². The number of benzene rings is 1. The van der Waals surface area contributed by atoms with E-state index in [1.165, 1.54) is 0 Å². The highest BCUT2D eigenvalue weighted by molar-refractivity contribution is 8.14. The molecule has 3 nitrogen and oxygen atoms in total. The maximum Gasteiger partial charge on any atom is 0.156 e. The molecule has 0 unspecified atom stereocenters. The molecule has 1 aliphatic rings. The Morgan fingerprint density at radius 1 is 1.31 bits per heavy atom. The van der Waals surface area contributed by atoms with Gasteiger partial charge in [0.1, 0.15) is 5.75 Å². The quantitative estimate of drug-likeness (QED) is 0.795. The van der Waals surface area contributed by atoms with Gasteiger partial charge in [0.25, 0.3) is 0 Å². The number of nitrogens with one attached hydrogen (secondary N) is 1. The zero-order valence-corrected chi connectivity index (χ0v) is 10.0. The zero-order chi connectivity index (χ0) is 11.1. The highest BCUT2D eigenvalue weighted by atomic mass is 32.2. The van der Waals surface area contributed by atoms with Crippen molar-refractivity contribution in [2.75, 3.05) is 25.4 Å². The van der Waals surface area contributed by atoms with Crippen molar-refractivity contribution in [2.24, 2.45) is 4.99 Å².